The van der Waals surface area contributed by atoms with E-state index in [1.54, 1.807) is 32.3 Å². The quantitative estimate of drug-likeness (QED) is 0.263. The number of allylic oxidation sites excluding steroid dienone is 1. The Morgan fingerprint density at radius 1 is 1.22 bits per heavy atom. The van der Waals surface area contributed by atoms with Crippen LogP contribution in [0, 0.1) is 23.2 Å². The first-order valence-electron chi connectivity index (χ1n) is 11.2. The number of carbonyl (C=O) groups is 3. The molecule has 176 valence electrons. The van der Waals surface area contributed by atoms with Gasteiger partial charge in [-0.15, -0.1) is 11.8 Å². The molecule has 0 radical (unpaired) electrons. The predicted octanol–water partition coefficient (Wildman–Crippen LogP) is 3.77. The molecule has 2 aliphatic heterocycles. The summed E-state index contributed by atoms with van der Waals surface area (Å²) in [7, 11) is 0. The van der Waals surface area contributed by atoms with Gasteiger partial charge in [-0.3, -0.25) is 4.79 Å². The second-order valence-electron chi connectivity index (χ2n) is 9.69. The van der Waals surface area contributed by atoms with Crippen LogP contribution in [-0.4, -0.2) is 47.8 Å². The molecule has 2 saturated heterocycles. The number of hydrogen-bond donors (Lipinski definition) is 0. The standard InChI is InChI=1S/C24H32O7S/c1-7-13(2)19(26)29-21-22(5)14(3)17(28-18(25)10-11-32-6)9-8-16(22)12-23-24(21,31-23)15(4)20(27)30-23/h7,10-11,14-17,21H,8-9,12H2,1-6H3. The van der Waals surface area contributed by atoms with E-state index >= 15 is 0 Å². The molecule has 0 spiro atoms. The molecule has 0 amide bonds. The largest absolute Gasteiger partial charge is 0.459 e. The molecule has 0 aromatic heterocycles. The summed E-state index contributed by atoms with van der Waals surface area (Å²) in [6, 6.07) is 0. The van der Waals surface area contributed by atoms with Gasteiger partial charge in [0.2, 0.25) is 5.79 Å². The molecule has 0 aromatic rings. The molecule has 7 nitrogen and oxygen atoms in total. The van der Waals surface area contributed by atoms with Gasteiger partial charge < -0.3 is 18.9 Å². The molecule has 4 fully saturated rings. The van der Waals surface area contributed by atoms with Crippen molar-refractivity contribution in [3.05, 3.63) is 23.1 Å². The zero-order valence-corrected chi connectivity index (χ0v) is 20.3. The Hall–Kier alpha value is -1.80. The van der Waals surface area contributed by atoms with Crippen LogP contribution in [0.2, 0.25) is 0 Å². The molecule has 2 saturated carbocycles. The Kier molecular flexibility index (Phi) is 5.77. The topological polar surface area (TPSA) is 91.4 Å². The number of rotatable bonds is 5. The van der Waals surface area contributed by atoms with Crippen molar-refractivity contribution in [2.24, 2.45) is 23.2 Å². The number of epoxide rings is 1. The molecule has 32 heavy (non-hydrogen) atoms. The minimum absolute atomic E-state index is 0.0895. The fourth-order valence-electron chi connectivity index (χ4n) is 6.18. The Bertz CT molecular complexity index is 897. The molecule has 8 atom stereocenters. The van der Waals surface area contributed by atoms with Gasteiger partial charge in [-0.2, -0.15) is 0 Å². The summed E-state index contributed by atoms with van der Waals surface area (Å²) in [4.78, 5) is 37.8. The third-order valence-electron chi connectivity index (χ3n) is 8.42. The van der Waals surface area contributed by atoms with Crippen molar-refractivity contribution in [1.29, 1.82) is 0 Å². The summed E-state index contributed by atoms with van der Waals surface area (Å²) >= 11 is 1.43. The molecule has 4 aliphatic rings. The van der Waals surface area contributed by atoms with E-state index in [0.29, 0.717) is 18.4 Å². The van der Waals surface area contributed by atoms with Crippen LogP contribution < -0.4 is 0 Å². The first kappa shape index (κ1) is 23.4. The Labute approximate surface area is 193 Å². The predicted molar refractivity (Wildman–Crippen MR) is 118 cm³/mol. The maximum atomic E-state index is 12.9. The second-order valence-corrected chi connectivity index (χ2v) is 10.4. The van der Waals surface area contributed by atoms with Gasteiger partial charge in [-0.25, -0.2) is 9.59 Å². The first-order chi connectivity index (χ1) is 15.1. The SMILES string of the molecule is CC=C(C)C(=O)OC1C2(C)C(CCC(OC(=O)C=CSC)C2C)CC23OC(=O)C(C)C12O3. The van der Waals surface area contributed by atoms with Crippen LogP contribution in [-0.2, 0) is 33.3 Å². The Morgan fingerprint density at radius 2 is 1.94 bits per heavy atom. The van der Waals surface area contributed by atoms with E-state index in [-0.39, 0.29) is 29.9 Å². The molecule has 0 N–H and O–H groups in total. The highest BCUT2D eigenvalue weighted by Gasteiger charge is 2.91. The van der Waals surface area contributed by atoms with Crippen LogP contribution in [0.1, 0.15) is 53.9 Å². The number of thioether (sulfide) groups is 1. The minimum atomic E-state index is -1.02. The Morgan fingerprint density at radius 3 is 2.59 bits per heavy atom. The molecule has 2 heterocycles. The normalized spacial score (nSPS) is 44.9. The fraction of sp³-hybridized carbons (Fsp3) is 0.708. The van der Waals surface area contributed by atoms with Crippen molar-refractivity contribution < 1.29 is 33.3 Å². The van der Waals surface area contributed by atoms with Crippen LogP contribution in [0.3, 0.4) is 0 Å². The molecular weight excluding hydrogens is 432 g/mol. The van der Waals surface area contributed by atoms with Gasteiger partial charge in [0, 0.05) is 29.4 Å². The van der Waals surface area contributed by atoms with Crippen molar-refractivity contribution in [3.8, 4) is 0 Å². The highest BCUT2D eigenvalue weighted by atomic mass is 32.2. The zero-order chi connectivity index (χ0) is 23.5. The van der Waals surface area contributed by atoms with Gasteiger partial charge in [0.25, 0.3) is 0 Å². The van der Waals surface area contributed by atoms with Crippen molar-refractivity contribution in [2.75, 3.05) is 6.26 Å². The maximum Gasteiger partial charge on any atom is 0.333 e. The van der Waals surface area contributed by atoms with Crippen molar-refractivity contribution in [2.45, 2.75) is 77.5 Å². The summed E-state index contributed by atoms with van der Waals surface area (Å²) in [6.45, 7) is 9.39. The zero-order valence-electron chi connectivity index (χ0n) is 19.5. The fourth-order valence-corrected chi connectivity index (χ4v) is 6.43. The molecule has 4 rings (SSSR count). The molecule has 8 heteroatoms. The van der Waals surface area contributed by atoms with Gasteiger partial charge in [0.05, 0.1) is 5.92 Å². The van der Waals surface area contributed by atoms with Crippen LogP contribution in [0.4, 0.5) is 0 Å². The van der Waals surface area contributed by atoms with E-state index in [1.807, 2.05) is 13.2 Å². The lowest BCUT2D eigenvalue weighted by Gasteiger charge is -2.56. The third-order valence-corrected chi connectivity index (χ3v) is 8.83. The third kappa shape index (κ3) is 3.09. The lowest BCUT2D eigenvalue weighted by Crippen LogP contribution is -2.64. The van der Waals surface area contributed by atoms with Crippen LogP contribution in [0.15, 0.2) is 23.1 Å². The number of fused-ring (bicyclic) bond motifs is 1. The summed E-state index contributed by atoms with van der Waals surface area (Å²) in [5, 5.41) is 1.69. The van der Waals surface area contributed by atoms with E-state index in [9.17, 15) is 14.4 Å². The smallest absolute Gasteiger partial charge is 0.333 e. The van der Waals surface area contributed by atoms with Crippen molar-refractivity contribution >= 4 is 29.7 Å². The molecule has 2 aliphatic carbocycles. The average Bonchev–Trinajstić information content (AvgIpc) is 3.37. The lowest BCUT2D eigenvalue weighted by atomic mass is 9.50. The second kappa shape index (κ2) is 7.90. The highest BCUT2D eigenvalue weighted by Crippen LogP contribution is 2.74. The number of hydrogen-bond acceptors (Lipinski definition) is 8. The number of esters is 3. The molecular formula is C24H32O7S. The van der Waals surface area contributed by atoms with Gasteiger partial charge >= 0.3 is 17.9 Å². The van der Waals surface area contributed by atoms with Gasteiger partial charge in [0.15, 0.2) is 5.60 Å². The summed E-state index contributed by atoms with van der Waals surface area (Å²) in [5.74, 6) is -2.73. The first-order valence-corrected chi connectivity index (χ1v) is 12.5. The summed E-state index contributed by atoms with van der Waals surface area (Å²) < 4.78 is 23.9. The summed E-state index contributed by atoms with van der Waals surface area (Å²) in [5.41, 5.74) is -1.07. The lowest BCUT2D eigenvalue weighted by molar-refractivity contribution is -0.199. The van der Waals surface area contributed by atoms with Crippen molar-refractivity contribution in [3.63, 3.8) is 0 Å². The van der Waals surface area contributed by atoms with Gasteiger partial charge in [0.1, 0.15) is 12.2 Å². The number of ether oxygens (including phenoxy) is 4. The molecule has 8 unspecified atom stereocenters. The Balaban J connectivity index is 1.71. The van der Waals surface area contributed by atoms with Gasteiger partial charge in [-0.05, 0) is 51.2 Å². The van der Waals surface area contributed by atoms with Gasteiger partial charge in [-0.1, -0.05) is 19.9 Å². The van der Waals surface area contributed by atoms with E-state index in [2.05, 4.69) is 6.92 Å². The van der Waals surface area contributed by atoms with E-state index < -0.39 is 34.8 Å². The average molecular weight is 465 g/mol. The van der Waals surface area contributed by atoms with Crippen LogP contribution in [0.5, 0.6) is 0 Å². The van der Waals surface area contributed by atoms with E-state index in [1.165, 1.54) is 17.8 Å². The molecule has 0 bridgehead atoms. The number of carbonyl (C=O) groups excluding carboxylic acids is 3. The maximum absolute atomic E-state index is 12.9. The molecule has 0 aromatic carbocycles. The van der Waals surface area contributed by atoms with Crippen LogP contribution >= 0.6 is 11.8 Å². The van der Waals surface area contributed by atoms with E-state index in [4.69, 9.17) is 18.9 Å². The van der Waals surface area contributed by atoms with Crippen LogP contribution in [0.25, 0.3) is 0 Å². The monoisotopic (exact) mass is 464 g/mol. The highest BCUT2D eigenvalue weighted by molar-refractivity contribution is 8.01. The van der Waals surface area contributed by atoms with Crippen molar-refractivity contribution in [1.82, 2.24) is 0 Å². The summed E-state index contributed by atoms with van der Waals surface area (Å²) in [6.07, 6.45) is 6.00. The van der Waals surface area contributed by atoms with E-state index in [0.717, 1.165) is 6.42 Å². The minimum Gasteiger partial charge on any atom is -0.459 e.